The molecule has 6 nitrogen and oxygen atoms in total. The summed E-state index contributed by atoms with van der Waals surface area (Å²) >= 11 is 0. The first-order chi connectivity index (χ1) is 13.0. The summed E-state index contributed by atoms with van der Waals surface area (Å²) in [5.74, 6) is 2.47. The lowest BCUT2D eigenvalue weighted by atomic mass is 9.81. The highest BCUT2D eigenvalue weighted by molar-refractivity contribution is 6.05. The van der Waals surface area contributed by atoms with Crippen LogP contribution in [-0.2, 0) is 20.9 Å². The first-order valence-corrected chi connectivity index (χ1v) is 10.1. The molecular formula is C21H28N2O4. The Morgan fingerprint density at radius 3 is 2.37 bits per heavy atom. The number of furan rings is 1. The smallest absolute Gasteiger partial charge is 0.233 e. The van der Waals surface area contributed by atoms with Crippen LogP contribution in [0.15, 0.2) is 16.5 Å². The minimum atomic E-state index is -0.148. The first kappa shape index (κ1) is 18.3. The molecule has 0 aromatic carbocycles. The lowest BCUT2D eigenvalue weighted by Crippen LogP contribution is -2.36. The van der Waals surface area contributed by atoms with Gasteiger partial charge in [-0.25, -0.2) is 0 Å². The average Bonchev–Trinajstić information content (AvgIpc) is 3.12. The quantitative estimate of drug-likeness (QED) is 0.720. The summed E-state index contributed by atoms with van der Waals surface area (Å²) in [4.78, 5) is 40.4. The van der Waals surface area contributed by atoms with Crippen molar-refractivity contribution in [1.82, 2.24) is 9.80 Å². The molecule has 3 fully saturated rings. The number of hydrogen-bond donors (Lipinski definition) is 0. The van der Waals surface area contributed by atoms with E-state index in [2.05, 4.69) is 6.92 Å². The lowest BCUT2D eigenvalue weighted by Gasteiger charge is -2.19. The Balaban J connectivity index is 1.29. The van der Waals surface area contributed by atoms with Crippen molar-refractivity contribution in [1.29, 1.82) is 0 Å². The van der Waals surface area contributed by atoms with Crippen molar-refractivity contribution in [2.75, 3.05) is 13.6 Å². The van der Waals surface area contributed by atoms with Crippen LogP contribution in [0.1, 0.15) is 62.9 Å². The number of rotatable bonds is 6. The standard InChI is InChI=1S/C21H28N2O4/c1-13-11-17(13)18-8-7-14(27-18)12-22(2)19(24)9-10-23-20(25)15-5-3-4-6-16(15)21(23)26/h7-8,13,15-17H,3-6,9-12H2,1-2H3/t13-,15-,16+,17+/m1/s1. The number of carbonyl (C=O) groups is 3. The Morgan fingerprint density at radius 1 is 1.15 bits per heavy atom. The Labute approximate surface area is 159 Å². The Bertz CT molecular complexity index is 731. The lowest BCUT2D eigenvalue weighted by molar-refractivity contribution is -0.140. The SMILES string of the molecule is C[C@@H]1C[C@@H]1c1ccc(CN(C)C(=O)CCN2C(=O)[C@H]3CCCC[C@H]3C2=O)o1. The molecule has 1 aliphatic heterocycles. The van der Waals surface area contributed by atoms with E-state index in [-0.39, 0.29) is 42.5 Å². The van der Waals surface area contributed by atoms with E-state index in [0.717, 1.165) is 37.2 Å². The summed E-state index contributed by atoms with van der Waals surface area (Å²) < 4.78 is 5.86. The molecule has 6 heteroatoms. The monoisotopic (exact) mass is 372 g/mol. The second-order valence-corrected chi connectivity index (χ2v) is 8.45. The zero-order valence-electron chi connectivity index (χ0n) is 16.1. The molecule has 2 heterocycles. The van der Waals surface area contributed by atoms with Gasteiger partial charge in [0.25, 0.3) is 0 Å². The van der Waals surface area contributed by atoms with Crippen LogP contribution in [0, 0.1) is 17.8 Å². The summed E-state index contributed by atoms with van der Waals surface area (Å²) in [7, 11) is 1.73. The fourth-order valence-electron chi connectivity index (χ4n) is 4.57. The average molecular weight is 372 g/mol. The van der Waals surface area contributed by atoms with Crippen molar-refractivity contribution >= 4 is 17.7 Å². The third kappa shape index (κ3) is 3.54. The van der Waals surface area contributed by atoms with Gasteiger partial charge in [-0.2, -0.15) is 0 Å². The van der Waals surface area contributed by atoms with E-state index in [1.807, 2.05) is 12.1 Å². The van der Waals surface area contributed by atoms with Gasteiger partial charge >= 0.3 is 0 Å². The normalized spacial score (nSPS) is 29.8. The van der Waals surface area contributed by atoms with Gasteiger partial charge in [-0.3, -0.25) is 19.3 Å². The molecule has 0 radical (unpaired) electrons. The summed E-state index contributed by atoms with van der Waals surface area (Å²) in [5, 5.41) is 0. The summed E-state index contributed by atoms with van der Waals surface area (Å²) in [6.45, 7) is 2.81. The van der Waals surface area contributed by atoms with Gasteiger partial charge in [0.1, 0.15) is 11.5 Å². The third-order valence-electron chi connectivity index (χ3n) is 6.46. The van der Waals surface area contributed by atoms with Gasteiger partial charge in [0.05, 0.1) is 18.4 Å². The zero-order chi connectivity index (χ0) is 19.1. The molecule has 27 heavy (non-hydrogen) atoms. The molecule has 3 amide bonds. The van der Waals surface area contributed by atoms with Gasteiger partial charge in [0.2, 0.25) is 17.7 Å². The van der Waals surface area contributed by atoms with Gasteiger partial charge in [0, 0.05) is 25.9 Å². The van der Waals surface area contributed by atoms with Crippen LogP contribution >= 0.6 is 0 Å². The van der Waals surface area contributed by atoms with Gasteiger partial charge in [-0.1, -0.05) is 19.8 Å². The molecule has 1 aromatic heterocycles. The highest BCUT2D eigenvalue weighted by atomic mass is 16.3. The summed E-state index contributed by atoms with van der Waals surface area (Å²) in [6.07, 6.45) is 4.98. The zero-order valence-corrected chi connectivity index (χ0v) is 16.1. The molecule has 0 spiro atoms. The van der Waals surface area contributed by atoms with E-state index in [1.54, 1.807) is 11.9 Å². The van der Waals surface area contributed by atoms with Crippen LogP contribution in [0.5, 0.6) is 0 Å². The molecule has 3 aliphatic rings. The molecule has 0 bridgehead atoms. The highest BCUT2D eigenvalue weighted by Crippen LogP contribution is 2.47. The number of hydrogen-bond acceptors (Lipinski definition) is 4. The number of carbonyl (C=O) groups excluding carboxylic acids is 3. The first-order valence-electron chi connectivity index (χ1n) is 10.1. The highest BCUT2D eigenvalue weighted by Gasteiger charge is 2.47. The largest absolute Gasteiger partial charge is 0.464 e. The predicted octanol–water partition coefficient (Wildman–Crippen LogP) is 2.93. The maximum absolute atomic E-state index is 12.5. The van der Waals surface area contributed by atoms with Crippen molar-refractivity contribution in [2.24, 2.45) is 17.8 Å². The van der Waals surface area contributed by atoms with E-state index in [9.17, 15) is 14.4 Å². The molecule has 2 saturated carbocycles. The molecule has 4 atom stereocenters. The van der Waals surface area contributed by atoms with E-state index in [1.165, 1.54) is 11.3 Å². The van der Waals surface area contributed by atoms with Gasteiger partial charge in [0.15, 0.2) is 0 Å². The van der Waals surface area contributed by atoms with Crippen LogP contribution in [0.3, 0.4) is 0 Å². The Kier molecular flexibility index (Phi) is 4.82. The van der Waals surface area contributed by atoms with E-state index < -0.39 is 0 Å². The fourth-order valence-corrected chi connectivity index (χ4v) is 4.57. The van der Waals surface area contributed by atoms with Gasteiger partial charge in [-0.05, 0) is 37.3 Å². The van der Waals surface area contributed by atoms with E-state index >= 15 is 0 Å². The third-order valence-corrected chi connectivity index (χ3v) is 6.46. The molecule has 0 N–H and O–H groups in total. The fraction of sp³-hybridized carbons (Fsp3) is 0.667. The van der Waals surface area contributed by atoms with E-state index in [0.29, 0.717) is 18.4 Å². The molecule has 4 rings (SSSR count). The molecule has 146 valence electrons. The number of nitrogens with zero attached hydrogens (tertiary/aromatic N) is 2. The van der Waals surface area contributed by atoms with Crippen LogP contribution in [0.2, 0.25) is 0 Å². The maximum Gasteiger partial charge on any atom is 0.233 e. The number of imide groups is 1. The number of likely N-dealkylation sites (tertiary alicyclic amines) is 1. The topological polar surface area (TPSA) is 70.8 Å². The van der Waals surface area contributed by atoms with Gasteiger partial charge < -0.3 is 9.32 Å². The second kappa shape index (κ2) is 7.13. The van der Waals surface area contributed by atoms with Crippen LogP contribution in [-0.4, -0.2) is 41.1 Å². The van der Waals surface area contributed by atoms with Crippen molar-refractivity contribution in [2.45, 2.75) is 57.9 Å². The van der Waals surface area contributed by atoms with Crippen molar-refractivity contribution in [3.05, 3.63) is 23.7 Å². The summed E-state index contributed by atoms with van der Waals surface area (Å²) in [6, 6.07) is 3.94. The Morgan fingerprint density at radius 2 is 1.78 bits per heavy atom. The Hall–Kier alpha value is -2.11. The molecular weight excluding hydrogens is 344 g/mol. The van der Waals surface area contributed by atoms with Crippen LogP contribution in [0.4, 0.5) is 0 Å². The molecule has 1 saturated heterocycles. The van der Waals surface area contributed by atoms with Gasteiger partial charge in [-0.15, -0.1) is 0 Å². The molecule has 2 aliphatic carbocycles. The van der Waals surface area contributed by atoms with Crippen LogP contribution in [0.25, 0.3) is 0 Å². The minimum Gasteiger partial charge on any atom is -0.464 e. The second-order valence-electron chi connectivity index (χ2n) is 8.45. The van der Waals surface area contributed by atoms with Crippen LogP contribution < -0.4 is 0 Å². The van der Waals surface area contributed by atoms with Crippen molar-refractivity contribution in [3.63, 3.8) is 0 Å². The van der Waals surface area contributed by atoms with Crippen molar-refractivity contribution in [3.8, 4) is 0 Å². The minimum absolute atomic E-state index is 0.0746. The predicted molar refractivity (Wildman–Crippen MR) is 98.5 cm³/mol. The molecule has 0 unspecified atom stereocenters. The summed E-state index contributed by atoms with van der Waals surface area (Å²) in [5.41, 5.74) is 0. The maximum atomic E-state index is 12.5. The van der Waals surface area contributed by atoms with E-state index in [4.69, 9.17) is 4.42 Å². The van der Waals surface area contributed by atoms with Crippen molar-refractivity contribution < 1.29 is 18.8 Å². The molecule has 1 aromatic rings. The number of amides is 3. The number of fused-ring (bicyclic) bond motifs is 1.